The second-order valence-electron chi connectivity index (χ2n) is 5.03. The molecule has 1 aromatic carbocycles. The Hall–Kier alpha value is -0.300. The van der Waals surface area contributed by atoms with Crippen LogP contribution in [0.1, 0.15) is 53.6 Å². The van der Waals surface area contributed by atoms with E-state index in [9.17, 15) is 0 Å². The first kappa shape index (κ1) is 9.89. The maximum atomic E-state index is 3.87. The van der Waals surface area contributed by atoms with Gasteiger partial charge in [0.1, 0.15) is 0 Å². The van der Waals surface area contributed by atoms with Crippen LogP contribution in [-0.4, -0.2) is 0 Å². The molecule has 0 spiro atoms. The SMILES string of the molecule is CC1C(Br)c2cccc3c2C1CCCC3. The molecule has 0 saturated carbocycles. The summed E-state index contributed by atoms with van der Waals surface area (Å²) >= 11 is 3.87. The molecule has 3 unspecified atom stereocenters. The van der Waals surface area contributed by atoms with Crippen LogP contribution in [0.4, 0.5) is 0 Å². The molecule has 0 bridgehead atoms. The maximum Gasteiger partial charge on any atom is 0.0429 e. The van der Waals surface area contributed by atoms with Crippen LogP contribution in [-0.2, 0) is 6.42 Å². The quantitative estimate of drug-likeness (QED) is 0.602. The van der Waals surface area contributed by atoms with Crippen LogP contribution in [0.3, 0.4) is 0 Å². The Balaban J connectivity index is 2.19. The van der Waals surface area contributed by atoms with E-state index in [1.54, 1.807) is 16.7 Å². The van der Waals surface area contributed by atoms with Crippen LogP contribution in [0.2, 0.25) is 0 Å². The number of rotatable bonds is 0. The Morgan fingerprint density at radius 1 is 1.27 bits per heavy atom. The predicted molar refractivity (Wildman–Crippen MR) is 67.6 cm³/mol. The average Bonchev–Trinajstić information content (AvgIpc) is 2.45. The van der Waals surface area contributed by atoms with Crippen molar-refractivity contribution in [2.75, 3.05) is 0 Å². The molecule has 0 amide bonds. The number of hydrogen-bond donors (Lipinski definition) is 0. The largest absolute Gasteiger partial charge is 0.0836 e. The Morgan fingerprint density at radius 3 is 3.00 bits per heavy atom. The van der Waals surface area contributed by atoms with E-state index < -0.39 is 0 Å². The highest BCUT2D eigenvalue weighted by Crippen LogP contribution is 2.53. The van der Waals surface area contributed by atoms with Crippen molar-refractivity contribution < 1.29 is 0 Å². The predicted octanol–water partition coefficient (Wildman–Crippen LogP) is 4.58. The normalized spacial score (nSPS) is 33.6. The van der Waals surface area contributed by atoms with Gasteiger partial charge in [-0.05, 0) is 47.8 Å². The van der Waals surface area contributed by atoms with Crippen molar-refractivity contribution in [3.8, 4) is 0 Å². The van der Waals surface area contributed by atoms with Crippen LogP contribution >= 0.6 is 15.9 Å². The van der Waals surface area contributed by atoms with Gasteiger partial charge in [-0.25, -0.2) is 0 Å². The molecule has 3 rings (SSSR count). The molecule has 15 heavy (non-hydrogen) atoms. The van der Waals surface area contributed by atoms with Gasteiger partial charge in [0.2, 0.25) is 0 Å². The van der Waals surface area contributed by atoms with Crippen molar-refractivity contribution >= 4 is 15.9 Å². The summed E-state index contributed by atoms with van der Waals surface area (Å²) in [5.74, 6) is 1.60. The first-order chi connectivity index (χ1) is 7.29. The van der Waals surface area contributed by atoms with E-state index in [-0.39, 0.29) is 0 Å². The molecule has 80 valence electrons. The summed E-state index contributed by atoms with van der Waals surface area (Å²) in [6.45, 7) is 2.40. The number of hydrogen-bond acceptors (Lipinski definition) is 0. The second-order valence-corrected chi connectivity index (χ2v) is 6.02. The van der Waals surface area contributed by atoms with Gasteiger partial charge in [0.25, 0.3) is 0 Å². The monoisotopic (exact) mass is 264 g/mol. The molecular formula is C14H17Br. The van der Waals surface area contributed by atoms with Gasteiger partial charge in [-0.2, -0.15) is 0 Å². The minimum atomic E-state index is 0.593. The van der Waals surface area contributed by atoms with Crippen LogP contribution in [0.25, 0.3) is 0 Å². The van der Waals surface area contributed by atoms with Gasteiger partial charge in [-0.15, -0.1) is 0 Å². The number of alkyl halides is 1. The Morgan fingerprint density at radius 2 is 2.13 bits per heavy atom. The summed E-state index contributed by atoms with van der Waals surface area (Å²) < 4.78 is 0. The number of aryl methyl sites for hydroxylation is 1. The van der Waals surface area contributed by atoms with Gasteiger partial charge >= 0.3 is 0 Å². The highest BCUT2D eigenvalue weighted by molar-refractivity contribution is 9.09. The highest BCUT2D eigenvalue weighted by atomic mass is 79.9. The summed E-state index contributed by atoms with van der Waals surface area (Å²) in [5, 5.41) is 0. The third-order valence-electron chi connectivity index (χ3n) is 4.21. The van der Waals surface area contributed by atoms with Crippen LogP contribution < -0.4 is 0 Å². The third kappa shape index (κ3) is 1.39. The molecule has 2 aliphatic carbocycles. The Kier molecular flexibility index (Phi) is 2.39. The molecule has 0 aromatic heterocycles. The van der Waals surface area contributed by atoms with Crippen molar-refractivity contribution in [2.24, 2.45) is 5.92 Å². The molecular weight excluding hydrogens is 248 g/mol. The van der Waals surface area contributed by atoms with E-state index >= 15 is 0 Å². The topological polar surface area (TPSA) is 0 Å². The molecule has 2 aliphatic rings. The van der Waals surface area contributed by atoms with E-state index in [4.69, 9.17) is 0 Å². The van der Waals surface area contributed by atoms with Crippen LogP contribution in [0.15, 0.2) is 18.2 Å². The van der Waals surface area contributed by atoms with Gasteiger partial charge in [0.15, 0.2) is 0 Å². The zero-order valence-corrected chi connectivity index (χ0v) is 10.8. The molecule has 0 N–H and O–H groups in total. The molecule has 0 heterocycles. The smallest absolute Gasteiger partial charge is 0.0429 e. The van der Waals surface area contributed by atoms with E-state index in [1.165, 1.54) is 25.7 Å². The summed E-state index contributed by atoms with van der Waals surface area (Å²) in [7, 11) is 0. The summed E-state index contributed by atoms with van der Waals surface area (Å²) in [4.78, 5) is 0.593. The van der Waals surface area contributed by atoms with Gasteiger partial charge in [0.05, 0.1) is 0 Å². The summed E-state index contributed by atoms with van der Waals surface area (Å²) in [6.07, 6.45) is 5.48. The van der Waals surface area contributed by atoms with E-state index in [2.05, 4.69) is 41.1 Å². The second kappa shape index (κ2) is 3.62. The van der Waals surface area contributed by atoms with Crippen molar-refractivity contribution in [3.63, 3.8) is 0 Å². The zero-order valence-electron chi connectivity index (χ0n) is 9.17. The summed E-state index contributed by atoms with van der Waals surface area (Å²) in [6, 6.07) is 6.90. The lowest BCUT2D eigenvalue weighted by molar-refractivity contribution is 0.459. The number of benzene rings is 1. The van der Waals surface area contributed by atoms with Crippen LogP contribution in [0, 0.1) is 5.92 Å². The Bertz CT molecular complexity index is 383. The fraction of sp³-hybridized carbons (Fsp3) is 0.571. The average molecular weight is 265 g/mol. The van der Waals surface area contributed by atoms with Gasteiger partial charge < -0.3 is 0 Å². The summed E-state index contributed by atoms with van der Waals surface area (Å²) in [5.41, 5.74) is 4.90. The molecule has 0 nitrogen and oxygen atoms in total. The first-order valence-electron chi connectivity index (χ1n) is 6.05. The van der Waals surface area contributed by atoms with Crippen molar-refractivity contribution in [1.82, 2.24) is 0 Å². The van der Waals surface area contributed by atoms with Gasteiger partial charge in [0, 0.05) is 4.83 Å². The van der Waals surface area contributed by atoms with Crippen molar-refractivity contribution in [1.29, 1.82) is 0 Å². The molecule has 3 atom stereocenters. The minimum Gasteiger partial charge on any atom is -0.0836 e. The highest BCUT2D eigenvalue weighted by Gasteiger charge is 2.38. The minimum absolute atomic E-state index is 0.593. The van der Waals surface area contributed by atoms with Gasteiger partial charge in [-0.1, -0.05) is 47.5 Å². The molecule has 0 fully saturated rings. The fourth-order valence-electron chi connectivity index (χ4n) is 3.38. The standard InChI is InChI=1S/C14H17Br/c1-9-11-7-3-2-5-10-6-4-8-12(13(10)11)14(9)15/h4,6,8-9,11,14H,2-3,5,7H2,1H3. The molecule has 0 radical (unpaired) electrons. The third-order valence-corrected chi connectivity index (χ3v) is 5.53. The number of halogens is 1. The van der Waals surface area contributed by atoms with E-state index in [0.717, 1.165) is 11.8 Å². The van der Waals surface area contributed by atoms with E-state index in [0.29, 0.717) is 4.83 Å². The Labute approximate surface area is 100 Å². The lowest BCUT2D eigenvalue weighted by Gasteiger charge is -2.17. The van der Waals surface area contributed by atoms with Crippen molar-refractivity contribution in [2.45, 2.75) is 43.4 Å². The van der Waals surface area contributed by atoms with Crippen molar-refractivity contribution in [3.05, 3.63) is 34.9 Å². The molecule has 0 saturated heterocycles. The fourth-order valence-corrected chi connectivity index (χ4v) is 4.15. The molecule has 1 heteroatoms. The zero-order chi connectivity index (χ0) is 10.4. The van der Waals surface area contributed by atoms with Gasteiger partial charge in [-0.3, -0.25) is 0 Å². The molecule has 1 aromatic rings. The lowest BCUT2D eigenvalue weighted by Crippen LogP contribution is -2.04. The van der Waals surface area contributed by atoms with E-state index in [1.807, 2.05) is 0 Å². The first-order valence-corrected chi connectivity index (χ1v) is 6.96. The lowest BCUT2D eigenvalue weighted by atomic mass is 9.89. The maximum absolute atomic E-state index is 3.87. The van der Waals surface area contributed by atoms with Crippen LogP contribution in [0.5, 0.6) is 0 Å². The molecule has 0 aliphatic heterocycles.